The van der Waals surface area contributed by atoms with E-state index in [4.69, 9.17) is 5.26 Å². The Kier molecular flexibility index (Phi) is 1.95. The zero-order valence-electron chi connectivity index (χ0n) is 7.55. The topological polar surface area (TPSA) is 67.4 Å². The van der Waals surface area contributed by atoms with Crippen LogP contribution in [0.1, 0.15) is 11.3 Å². The molecule has 5 nitrogen and oxygen atoms in total. The molecule has 2 aromatic heterocycles. The average molecular weight is 185 g/mol. The van der Waals surface area contributed by atoms with Gasteiger partial charge in [-0.3, -0.25) is 0 Å². The van der Waals surface area contributed by atoms with E-state index < -0.39 is 0 Å². The zero-order chi connectivity index (χ0) is 9.97. The van der Waals surface area contributed by atoms with E-state index in [1.165, 1.54) is 6.20 Å². The molecule has 0 saturated carbocycles. The molecule has 2 rings (SSSR count). The molecule has 0 aromatic carbocycles. The molecule has 2 aromatic rings. The molecule has 0 unspecified atom stereocenters. The maximum absolute atomic E-state index is 8.73. The number of nitrogens with zero attached hydrogens (tertiary/aromatic N) is 5. The van der Waals surface area contributed by atoms with Crippen molar-refractivity contribution in [1.82, 2.24) is 19.7 Å². The predicted octanol–water partition coefficient (Wildman–Crippen LogP) is 0.842. The predicted molar refractivity (Wildman–Crippen MR) is 48.6 cm³/mol. The summed E-state index contributed by atoms with van der Waals surface area (Å²) in [5.74, 6) is 0.478. The van der Waals surface area contributed by atoms with Crippen LogP contribution in [0.4, 0.5) is 0 Å². The van der Waals surface area contributed by atoms with Gasteiger partial charge in [0.25, 0.3) is 5.95 Å². The van der Waals surface area contributed by atoms with Gasteiger partial charge in [-0.2, -0.15) is 10.4 Å². The first-order valence-corrected chi connectivity index (χ1v) is 4.05. The van der Waals surface area contributed by atoms with Crippen LogP contribution in [0.3, 0.4) is 0 Å². The van der Waals surface area contributed by atoms with Crippen molar-refractivity contribution >= 4 is 0 Å². The summed E-state index contributed by atoms with van der Waals surface area (Å²) in [6, 6.07) is 3.78. The van der Waals surface area contributed by atoms with E-state index in [1.54, 1.807) is 23.1 Å². The van der Waals surface area contributed by atoms with E-state index in [9.17, 15) is 0 Å². The molecular weight excluding hydrogens is 178 g/mol. The second-order valence-electron chi connectivity index (χ2n) is 2.72. The summed E-state index contributed by atoms with van der Waals surface area (Å²) >= 11 is 0. The molecule has 14 heavy (non-hydrogen) atoms. The number of hydrogen-bond donors (Lipinski definition) is 0. The lowest BCUT2D eigenvalue weighted by Crippen LogP contribution is -2.03. The second kappa shape index (κ2) is 3.26. The highest BCUT2D eigenvalue weighted by molar-refractivity contribution is 5.33. The zero-order valence-corrected chi connectivity index (χ0v) is 7.55. The minimum atomic E-state index is 0.478. The lowest BCUT2D eigenvalue weighted by Gasteiger charge is -1.99. The summed E-state index contributed by atoms with van der Waals surface area (Å²) < 4.78 is 1.54. The van der Waals surface area contributed by atoms with Gasteiger partial charge in [0.15, 0.2) is 0 Å². The second-order valence-corrected chi connectivity index (χ2v) is 2.72. The van der Waals surface area contributed by atoms with Crippen LogP contribution in [0.25, 0.3) is 5.95 Å². The summed E-state index contributed by atoms with van der Waals surface area (Å²) in [5, 5.41) is 12.8. The van der Waals surface area contributed by atoms with Crippen LogP contribution in [-0.4, -0.2) is 19.7 Å². The van der Waals surface area contributed by atoms with Crippen LogP contribution in [0, 0.1) is 18.3 Å². The van der Waals surface area contributed by atoms with Gasteiger partial charge in [-0.15, -0.1) is 0 Å². The molecule has 0 radical (unpaired) electrons. The van der Waals surface area contributed by atoms with E-state index in [0.29, 0.717) is 11.5 Å². The van der Waals surface area contributed by atoms with Crippen molar-refractivity contribution in [3.05, 3.63) is 35.9 Å². The maximum Gasteiger partial charge on any atom is 0.250 e. The van der Waals surface area contributed by atoms with Crippen LogP contribution in [0.2, 0.25) is 0 Å². The molecule has 0 fully saturated rings. The van der Waals surface area contributed by atoms with Gasteiger partial charge in [0, 0.05) is 12.4 Å². The van der Waals surface area contributed by atoms with E-state index >= 15 is 0 Å². The Morgan fingerprint density at radius 3 is 2.64 bits per heavy atom. The van der Waals surface area contributed by atoms with Gasteiger partial charge < -0.3 is 0 Å². The first-order valence-electron chi connectivity index (χ1n) is 4.05. The first kappa shape index (κ1) is 8.38. The Labute approximate surface area is 80.7 Å². The van der Waals surface area contributed by atoms with Crippen molar-refractivity contribution in [3.8, 4) is 12.0 Å². The Morgan fingerprint density at radius 1 is 1.36 bits per heavy atom. The maximum atomic E-state index is 8.73. The molecule has 0 aliphatic carbocycles. The fourth-order valence-corrected chi connectivity index (χ4v) is 1.12. The third-order valence-electron chi connectivity index (χ3n) is 1.87. The molecule has 0 amide bonds. The molecule has 0 N–H and O–H groups in total. The van der Waals surface area contributed by atoms with E-state index in [0.717, 1.165) is 5.69 Å². The summed E-state index contributed by atoms with van der Waals surface area (Å²) in [6.45, 7) is 1.81. The van der Waals surface area contributed by atoms with Gasteiger partial charge >= 0.3 is 0 Å². The minimum Gasteiger partial charge on any atom is -0.220 e. The summed E-state index contributed by atoms with van der Waals surface area (Å²) in [6.07, 6.45) is 4.77. The quantitative estimate of drug-likeness (QED) is 0.660. The van der Waals surface area contributed by atoms with Gasteiger partial charge in [0.05, 0.1) is 17.5 Å². The van der Waals surface area contributed by atoms with Crippen molar-refractivity contribution in [2.75, 3.05) is 0 Å². The lowest BCUT2D eigenvalue weighted by atomic mass is 10.3. The van der Waals surface area contributed by atoms with E-state index in [-0.39, 0.29) is 0 Å². The molecule has 0 saturated heterocycles. The smallest absolute Gasteiger partial charge is 0.220 e. The molecule has 0 bridgehead atoms. The van der Waals surface area contributed by atoms with Crippen molar-refractivity contribution < 1.29 is 0 Å². The summed E-state index contributed by atoms with van der Waals surface area (Å²) in [7, 11) is 0. The third-order valence-corrected chi connectivity index (χ3v) is 1.87. The number of nitriles is 1. The molecule has 68 valence electrons. The molecule has 0 spiro atoms. The lowest BCUT2D eigenvalue weighted by molar-refractivity contribution is 0.782. The largest absolute Gasteiger partial charge is 0.250 e. The minimum absolute atomic E-state index is 0.478. The van der Waals surface area contributed by atoms with Gasteiger partial charge in [-0.1, -0.05) is 0 Å². The van der Waals surface area contributed by atoms with Crippen LogP contribution in [0.15, 0.2) is 24.7 Å². The SMILES string of the molecule is Cc1c(C#N)cnn1-c1ncccn1. The average Bonchev–Trinajstić information content (AvgIpc) is 2.61. The summed E-state index contributed by atoms with van der Waals surface area (Å²) in [5.41, 5.74) is 1.29. The first-order chi connectivity index (χ1) is 6.83. The molecule has 0 aliphatic heterocycles. The standard InChI is InChI=1S/C9H7N5/c1-7-8(5-10)6-13-14(7)9-11-3-2-4-12-9/h2-4,6H,1H3. The Morgan fingerprint density at radius 2 is 2.07 bits per heavy atom. The highest BCUT2D eigenvalue weighted by atomic mass is 15.3. The van der Waals surface area contributed by atoms with Crippen LogP contribution in [-0.2, 0) is 0 Å². The Balaban J connectivity index is 2.54. The van der Waals surface area contributed by atoms with Crippen molar-refractivity contribution in [3.63, 3.8) is 0 Å². The number of hydrogen-bond acceptors (Lipinski definition) is 4. The third kappa shape index (κ3) is 1.23. The molecular formula is C9H7N5. The highest BCUT2D eigenvalue weighted by Crippen LogP contribution is 2.08. The van der Waals surface area contributed by atoms with E-state index in [1.807, 2.05) is 13.0 Å². The van der Waals surface area contributed by atoms with Gasteiger partial charge in [0.2, 0.25) is 0 Å². The molecule has 0 aliphatic rings. The van der Waals surface area contributed by atoms with E-state index in [2.05, 4.69) is 15.1 Å². The normalized spacial score (nSPS) is 9.71. The van der Waals surface area contributed by atoms with Crippen molar-refractivity contribution in [1.29, 1.82) is 5.26 Å². The van der Waals surface area contributed by atoms with Crippen LogP contribution >= 0.6 is 0 Å². The van der Waals surface area contributed by atoms with Crippen molar-refractivity contribution in [2.45, 2.75) is 6.92 Å². The van der Waals surface area contributed by atoms with Crippen molar-refractivity contribution in [2.24, 2.45) is 0 Å². The molecule has 5 heteroatoms. The highest BCUT2D eigenvalue weighted by Gasteiger charge is 2.08. The van der Waals surface area contributed by atoms with Crippen LogP contribution in [0.5, 0.6) is 0 Å². The van der Waals surface area contributed by atoms with Gasteiger partial charge in [-0.25, -0.2) is 14.6 Å². The Bertz CT molecular complexity index is 480. The Hall–Kier alpha value is -2.22. The summed E-state index contributed by atoms with van der Waals surface area (Å²) in [4.78, 5) is 8.07. The fraction of sp³-hybridized carbons (Fsp3) is 0.111. The van der Waals surface area contributed by atoms with Crippen LogP contribution < -0.4 is 0 Å². The van der Waals surface area contributed by atoms with Gasteiger partial charge in [-0.05, 0) is 13.0 Å². The van der Waals surface area contributed by atoms with Gasteiger partial charge in [0.1, 0.15) is 6.07 Å². The number of rotatable bonds is 1. The molecule has 2 heterocycles. The fourth-order valence-electron chi connectivity index (χ4n) is 1.12. The number of aromatic nitrogens is 4. The monoisotopic (exact) mass is 185 g/mol. The molecule has 0 atom stereocenters.